The van der Waals surface area contributed by atoms with Crippen LogP contribution >= 0.6 is 0 Å². The van der Waals surface area contributed by atoms with Gasteiger partial charge in [-0.05, 0) is 19.4 Å². The van der Waals surface area contributed by atoms with Crippen molar-refractivity contribution in [1.82, 2.24) is 5.32 Å². The Hall–Kier alpha value is -0.650. The topological polar surface area (TPSA) is 73.6 Å². The molecule has 5 nitrogen and oxygen atoms in total. The number of nitrogens with two attached hydrogens (primary N) is 1. The van der Waals surface area contributed by atoms with E-state index in [0.29, 0.717) is 13.2 Å². The Morgan fingerprint density at radius 2 is 2.53 bits per heavy atom. The number of carbonyl (C=O) groups excluding carboxylic acids is 1. The third kappa shape index (κ3) is 4.59. The maximum absolute atomic E-state index is 11.1. The molecule has 1 aliphatic heterocycles. The first-order valence-corrected chi connectivity index (χ1v) is 5.46. The molecule has 1 heterocycles. The molecule has 1 amide bonds. The fourth-order valence-electron chi connectivity index (χ4n) is 1.44. The van der Waals surface area contributed by atoms with E-state index in [1.54, 1.807) is 0 Å². The second-order valence-electron chi connectivity index (χ2n) is 3.73. The monoisotopic (exact) mass is 216 g/mol. The Balaban J connectivity index is 2.20. The maximum Gasteiger partial charge on any atom is 0.236 e. The average molecular weight is 216 g/mol. The molecule has 1 fully saturated rings. The molecular weight excluding hydrogens is 196 g/mol. The van der Waals surface area contributed by atoms with Crippen molar-refractivity contribution in [2.24, 2.45) is 5.73 Å². The van der Waals surface area contributed by atoms with E-state index in [0.717, 1.165) is 26.0 Å². The smallest absolute Gasteiger partial charge is 0.236 e. The van der Waals surface area contributed by atoms with E-state index in [1.165, 1.54) is 0 Å². The predicted octanol–water partition coefficient (Wildman–Crippen LogP) is -0.355. The highest BCUT2D eigenvalue weighted by atomic mass is 16.5. The molecular formula is C10H20N2O3. The van der Waals surface area contributed by atoms with Gasteiger partial charge in [0.05, 0.1) is 19.3 Å². The largest absolute Gasteiger partial charge is 0.379 e. The van der Waals surface area contributed by atoms with E-state index < -0.39 is 0 Å². The van der Waals surface area contributed by atoms with E-state index in [9.17, 15) is 4.79 Å². The van der Waals surface area contributed by atoms with Crippen LogP contribution in [0.2, 0.25) is 0 Å². The minimum atomic E-state index is -0.384. The van der Waals surface area contributed by atoms with Crippen LogP contribution in [-0.2, 0) is 14.3 Å². The van der Waals surface area contributed by atoms with E-state index in [4.69, 9.17) is 15.2 Å². The summed E-state index contributed by atoms with van der Waals surface area (Å²) in [6.07, 6.45) is 1.99. The van der Waals surface area contributed by atoms with Gasteiger partial charge in [-0.15, -0.1) is 0 Å². The average Bonchev–Trinajstić information content (AvgIpc) is 2.70. The number of nitrogens with one attached hydrogen (secondary N) is 1. The van der Waals surface area contributed by atoms with Gasteiger partial charge in [-0.3, -0.25) is 4.79 Å². The van der Waals surface area contributed by atoms with Crippen LogP contribution in [-0.4, -0.2) is 44.4 Å². The fraction of sp³-hybridized carbons (Fsp3) is 0.900. The van der Waals surface area contributed by atoms with Gasteiger partial charge in [-0.2, -0.15) is 0 Å². The number of primary amides is 1. The number of rotatable bonds is 7. The van der Waals surface area contributed by atoms with Gasteiger partial charge < -0.3 is 20.5 Å². The molecule has 3 N–H and O–H groups in total. The minimum Gasteiger partial charge on any atom is -0.379 e. The van der Waals surface area contributed by atoms with Crippen LogP contribution < -0.4 is 11.1 Å². The van der Waals surface area contributed by atoms with Gasteiger partial charge in [-0.25, -0.2) is 0 Å². The first-order chi connectivity index (χ1) is 7.24. The SMILES string of the molecule is CCCNC(COC1CCOC1)C(N)=O. The van der Waals surface area contributed by atoms with Crippen LogP contribution in [0.3, 0.4) is 0 Å². The molecule has 88 valence electrons. The highest BCUT2D eigenvalue weighted by Crippen LogP contribution is 2.08. The minimum absolute atomic E-state index is 0.121. The Morgan fingerprint density at radius 3 is 3.07 bits per heavy atom. The molecule has 0 spiro atoms. The van der Waals surface area contributed by atoms with Gasteiger partial charge in [0.2, 0.25) is 5.91 Å². The number of hydrogen-bond acceptors (Lipinski definition) is 4. The van der Waals surface area contributed by atoms with Crippen molar-refractivity contribution in [1.29, 1.82) is 0 Å². The summed E-state index contributed by atoms with van der Waals surface area (Å²) in [7, 11) is 0. The number of hydrogen-bond donors (Lipinski definition) is 2. The summed E-state index contributed by atoms with van der Waals surface area (Å²) < 4.78 is 10.7. The maximum atomic E-state index is 11.1. The Labute approximate surface area is 90.3 Å². The lowest BCUT2D eigenvalue weighted by atomic mass is 10.2. The zero-order chi connectivity index (χ0) is 11.1. The summed E-state index contributed by atoms with van der Waals surface area (Å²) in [5.41, 5.74) is 5.25. The molecule has 0 aliphatic carbocycles. The molecule has 2 atom stereocenters. The molecule has 5 heteroatoms. The van der Waals surface area contributed by atoms with Crippen molar-refractivity contribution < 1.29 is 14.3 Å². The van der Waals surface area contributed by atoms with E-state index in [2.05, 4.69) is 5.32 Å². The third-order valence-corrected chi connectivity index (χ3v) is 2.37. The zero-order valence-electron chi connectivity index (χ0n) is 9.20. The van der Waals surface area contributed by atoms with Crippen molar-refractivity contribution in [3.05, 3.63) is 0 Å². The normalized spacial score (nSPS) is 22.9. The van der Waals surface area contributed by atoms with Crippen molar-refractivity contribution in [2.75, 3.05) is 26.4 Å². The van der Waals surface area contributed by atoms with Crippen LogP contribution in [0.15, 0.2) is 0 Å². The molecule has 0 aromatic heterocycles. The van der Waals surface area contributed by atoms with Crippen LogP contribution in [0.4, 0.5) is 0 Å². The first kappa shape index (κ1) is 12.4. The second-order valence-corrected chi connectivity index (χ2v) is 3.73. The number of ether oxygens (including phenoxy) is 2. The quantitative estimate of drug-likeness (QED) is 0.610. The molecule has 1 saturated heterocycles. The molecule has 0 saturated carbocycles. The molecule has 0 aromatic rings. The standard InChI is InChI=1S/C10H20N2O3/c1-2-4-12-9(10(11)13)7-15-8-3-5-14-6-8/h8-9,12H,2-7H2,1H3,(H2,11,13). The van der Waals surface area contributed by atoms with Crippen molar-refractivity contribution in [2.45, 2.75) is 31.9 Å². The van der Waals surface area contributed by atoms with Crippen LogP contribution in [0, 0.1) is 0 Å². The highest BCUT2D eigenvalue weighted by Gasteiger charge is 2.20. The van der Waals surface area contributed by atoms with Gasteiger partial charge in [-0.1, -0.05) is 6.92 Å². The van der Waals surface area contributed by atoms with Crippen LogP contribution in [0.25, 0.3) is 0 Å². The molecule has 2 unspecified atom stereocenters. The third-order valence-electron chi connectivity index (χ3n) is 2.37. The van der Waals surface area contributed by atoms with Crippen LogP contribution in [0.5, 0.6) is 0 Å². The first-order valence-electron chi connectivity index (χ1n) is 5.46. The molecule has 15 heavy (non-hydrogen) atoms. The lowest BCUT2D eigenvalue weighted by Crippen LogP contribution is -2.45. The van der Waals surface area contributed by atoms with Crippen molar-refractivity contribution in [3.8, 4) is 0 Å². The van der Waals surface area contributed by atoms with E-state index >= 15 is 0 Å². The lowest BCUT2D eigenvalue weighted by Gasteiger charge is -2.17. The summed E-state index contributed by atoms with van der Waals surface area (Å²) in [5.74, 6) is -0.359. The van der Waals surface area contributed by atoms with Gasteiger partial charge in [0.15, 0.2) is 0 Å². The Kier molecular flexibility index (Phi) is 5.60. The second kappa shape index (κ2) is 6.76. The van der Waals surface area contributed by atoms with Gasteiger partial charge >= 0.3 is 0 Å². The van der Waals surface area contributed by atoms with Gasteiger partial charge in [0.25, 0.3) is 0 Å². The Morgan fingerprint density at radius 1 is 1.73 bits per heavy atom. The number of amides is 1. The van der Waals surface area contributed by atoms with Crippen molar-refractivity contribution in [3.63, 3.8) is 0 Å². The molecule has 0 aromatic carbocycles. The summed E-state index contributed by atoms with van der Waals surface area (Å²) in [4.78, 5) is 11.1. The van der Waals surface area contributed by atoms with Gasteiger partial charge in [0.1, 0.15) is 6.04 Å². The molecule has 1 rings (SSSR count). The summed E-state index contributed by atoms with van der Waals surface area (Å²) in [6.45, 7) is 4.52. The van der Waals surface area contributed by atoms with Gasteiger partial charge in [0, 0.05) is 6.61 Å². The number of carbonyl (C=O) groups is 1. The summed E-state index contributed by atoms with van der Waals surface area (Å²) >= 11 is 0. The van der Waals surface area contributed by atoms with Crippen molar-refractivity contribution >= 4 is 5.91 Å². The van der Waals surface area contributed by atoms with Crippen LogP contribution in [0.1, 0.15) is 19.8 Å². The fourth-order valence-corrected chi connectivity index (χ4v) is 1.44. The zero-order valence-corrected chi connectivity index (χ0v) is 9.20. The van der Waals surface area contributed by atoms with E-state index in [-0.39, 0.29) is 18.1 Å². The lowest BCUT2D eigenvalue weighted by molar-refractivity contribution is -0.122. The molecule has 0 bridgehead atoms. The summed E-state index contributed by atoms with van der Waals surface area (Å²) in [6, 6.07) is -0.384. The highest BCUT2D eigenvalue weighted by molar-refractivity contribution is 5.79. The Bertz CT molecular complexity index is 193. The van der Waals surface area contributed by atoms with E-state index in [1.807, 2.05) is 6.92 Å². The molecule has 0 radical (unpaired) electrons. The summed E-state index contributed by atoms with van der Waals surface area (Å²) in [5, 5.41) is 3.05. The predicted molar refractivity (Wildman–Crippen MR) is 56.5 cm³/mol. The molecule has 1 aliphatic rings.